The normalized spacial score (nSPS) is 9.41. The number of aliphatic imine (C=N–C) groups is 1. The topological polar surface area (TPSA) is 86.5 Å². The number of nitrogens with zero attached hydrogens (tertiary/aromatic N) is 2. The van der Waals surface area contributed by atoms with Crippen LogP contribution < -0.4 is 0 Å². The summed E-state index contributed by atoms with van der Waals surface area (Å²) in [6.45, 7) is 0.439. The third-order valence-electron chi connectivity index (χ3n) is 1.80. The summed E-state index contributed by atoms with van der Waals surface area (Å²) in [6, 6.07) is 0.654. The SMILES string of the molecule is CO[Si](CCCN=C=O)(OC)OC.O=C=N[Si]. The summed E-state index contributed by atoms with van der Waals surface area (Å²) < 4.78 is 18.2. The zero-order valence-electron chi connectivity index (χ0n) is 10.1. The van der Waals surface area contributed by atoms with Gasteiger partial charge in [0.2, 0.25) is 22.6 Å². The molecule has 0 aliphatic rings. The molecule has 0 aromatic rings. The van der Waals surface area contributed by atoms with Crippen molar-refractivity contribution in [3.8, 4) is 0 Å². The summed E-state index contributed by atoms with van der Waals surface area (Å²) in [5.74, 6) is 0. The van der Waals surface area contributed by atoms with E-state index in [2.05, 4.69) is 20.1 Å². The van der Waals surface area contributed by atoms with E-state index >= 15 is 0 Å². The van der Waals surface area contributed by atoms with Crippen LogP contribution in [0.1, 0.15) is 6.42 Å². The number of carbonyl (C=O) groups excluding carboxylic acids is 2. The zero-order valence-corrected chi connectivity index (χ0v) is 12.1. The molecule has 0 aromatic carbocycles. The van der Waals surface area contributed by atoms with E-state index in [0.717, 1.165) is 0 Å². The van der Waals surface area contributed by atoms with Crippen LogP contribution >= 0.6 is 0 Å². The highest BCUT2D eigenvalue weighted by atomic mass is 28.4. The maximum atomic E-state index is 9.76. The molecule has 0 aliphatic carbocycles. The lowest BCUT2D eigenvalue weighted by molar-refractivity contribution is 0.123. The van der Waals surface area contributed by atoms with Crippen LogP contribution in [0.2, 0.25) is 6.04 Å². The van der Waals surface area contributed by atoms with Crippen molar-refractivity contribution in [3.63, 3.8) is 0 Å². The van der Waals surface area contributed by atoms with Gasteiger partial charge in [0.05, 0.1) is 6.54 Å². The molecule has 0 aliphatic heterocycles. The molecule has 0 heterocycles. The Morgan fingerprint density at radius 2 is 1.59 bits per heavy atom. The van der Waals surface area contributed by atoms with Crippen molar-refractivity contribution in [3.05, 3.63) is 0 Å². The van der Waals surface area contributed by atoms with Crippen LogP contribution in [0.3, 0.4) is 0 Å². The second kappa shape index (κ2) is 13.1. The smallest absolute Gasteiger partial charge is 0.377 e. The van der Waals surface area contributed by atoms with Crippen LogP contribution in [0.25, 0.3) is 0 Å². The van der Waals surface area contributed by atoms with Gasteiger partial charge in [0.1, 0.15) is 0 Å². The first kappa shape index (κ1) is 18.4. The largest absolute Gasteiger partial charge is 0.500 e. The van der Waals surface area contributed by atoms with Gasteiger partial charge in [-0.25, -0.2) is 14.6 Å². The summed E-state index contributed by atoms with van der Waals surface area (Å²) in [5, 5.41) is 0. The van der Waals surface area contributed by atoms with Crippen LogP contribution in [-0.4, -0.2) is 59.2 Å². The molecule has 17 heavy (non-hydrogen) atoms. The minimum absolute atomic E-state index is 0.439. The molecular weight excluding hydrogens is 260 g/mol. The first-order valence-electron chi connectivity index (χ1n) is 4.59. The van der Waals surface area contributed by atoms with E-state index < -0.39 is 8.80 Å². The molecule has 0 spiro atoms. The van der Waals surface area contributed by atoms with Gasteiger partial charge < -0.3 is 13.3 Å². The van der Waals surface area contributed by atoms with Crippen LogP contribution in [0.4, 0.5) is 0 Å². The first-order valence-corrected chi connectivity index (χ1v) is 6.97. The van der Waals surface area contributed by atoms with E-state index in [0.29, 0.717) is 19.0 Å². The highest BCUT2D eigenvalue weighted by Crippen LogP contribution is 2.14. The summed E-state index contributed by atoms with van der Waals surface area (Å²) in [5.41, 5.74) is 0. The quantitative estimate of drug-likeness (QED) is 0.282. The van der Waals surface area contributed by atoms with Gasteiger partial charge in [-0.3, -0.25) is 4.66 Å². The lowest BCUT2D eigenvalue weighted by Crippen LogP contribution is -2.42. The Labute approximate surface area is 105 Å². The summed E-state index contributed by atoms with van der Waals surface area (Å²) >= 11 is 0. The molecule has 95 valence electrons. The Balaban J connectivity index is 0. The molecule has 0 atom stereocenters. The van der Waals surface area contributed by atoms with Crippen molar-refractivity contribution in [1.29, 1.82) is 0 Å². The van der Waals surface area contributed by atoms with Crippen molar-refractivity contribution < 1.29 is 22.9 Å². The average Bonchev–Trinajstić information content (AvgIpc) is 2.40. The van der Waals surface area contributed by atoms with Crippen LogP contribution in [0.5, 0.6) is 0 Å². The fourth-order valence-corrected chi connectivity index (χ4v) is 2.68. The Morgan fingerprint density at radius 3 is 1.88 bits per heavy atom. The maximum Gasteiger partial charge on any atom is 0.500 e. The Morgan fingerprint density at radius 1 is 1.12 bits per heavy atom. The van der Waals surface area contributed by atoms with Gasteiger partial charge in [0.15, 0.2) is 0 Å². The fraction of sp³-hybridized carbons (Fsp3) is 0.750. The summed E-state index contributed by atoms with van der Waals surface area (Å²) in [4.78, 5) is 22.0. The third kappa shape index (κ3) is 9.97. The fourth-order valence-electron chi connectivity index (χ4n) is 0.976. The van der Waals surface area contributed by atoms with Crippen molar-refractivity contribution in [1.82, 2.24) is 0 Å². The Hall–Kier alpha value is -0.926. The molecule has 0 unspecified atom stereocenters. The molecule has 0 aromatic heterocycles. The number of isocyanates is 2. The minimum Gasteiger partial charge on any atom is -0.377 e. The van der Waals surface area contributed by atoms with Gasteiger partial charge in [0.25, 0.3) is 0 Å². The number of hydrogen-bond acceptors (Lipinski definition) is 7. The molecule has 0 amide bonds. The lowest BCUT2D eigenvalue weighted by Gasteiger charge is -2.23. The van der Waals surface area contributed by atoms with E-state index in [1.807, 2.05) is 0 Å². The van der Waals surface area contributed by atoms with Gasteiger partial charge in [0, 0.05) is 27.4 Å². The molecule has 9 heteroatoms. The Bertz CT molecular complexity index is 265. The van der Waals surface area contributed by atoms with Crippen molar-refractivity contribution in [2.45, 2.75) is 12.5 Å². The lowest BCUT2D eigenvalue weighted by atomic mass is 10.5. The molecule has 0 N–H and O–H groups in total. The van der Waals surface area contributed by atoms with Gasteiger partial charge >= 0.3 is 8.80 Å². The molecule has 0 rings (SSSR count). The van der Waals surface area contributed by atoms with Gasteiger partial charge in [-0.05, 0) is 6.42 Å². The second-order valence-electron chi connectivity index (χ2n) is 2.58. The van der Waals surface area contributed by atoms with Crippen molar-refractivity contribution >= 4 is 31.4 Å². The predicted molar refractivity (Wildman–Crippen MR) is 63.1 cm³/mol. The molecule has 0 saturated carbocycles. The number of rotatable bonds is 7. The highest BCUT2D eigenvalue weighted by Gasteiger charge is 2.36. The second-order valence-corrected chi connectivity index (χ2v) is 5.89. The molecule has 3 radical (unpaired) electrons. The summed E-state index contributed by atoms with van der Waals surface area (Å²) in [7, 11) is 4.71. The van der Waals surface area contributed by atoms with E-state index in [4.69, 9.17) is 18.1 Å². The van der Waals surface area contributed by atoms with Gasteiger partial charge in [-0.2, -0.15) is 0 Å². The van der Waals surface area contributed by atoms with E-state index in [1.54, 1.807) is 21.3 Å². The molecule has 0 fully saturated rings. The highest BCUT2D eigenvalue weighted by molar-refractivity contribution is 6.60. The van der Waals surface area contributed by atoms with Crippen LogP contribution in [0.15, 0.2) is 9.65 Å². The van der Waals surface area contributed by atoms with Crippen LogP contribution in [0, 0.1) is 0 Å². The van der Waals surface area contributed by atoms with E-state index in [9.17, 15) is 4.79 Å². The number of hydrogen-bond donors (Lipinski definition) is 0. The molecule has 0 saturated heterocycles. The van der Waals surface area contributed by atoms with Gasteiger partial charge in [-0.1, -0.05) is 0 Å². The average molecular weight is 275 g/mol. The van der Waals surface area contributed by atoms with Crippen LogP contribution in [-0.2, 0) is 22.9 Å². The molecule has 0 bridgehead atoms. The minimum atomic E-state index is -2.46. The monoisotopic (exact) mass is 275 g/mol. The summed E-state index contributed by atoms with van der Waals surface area (Å²) in [6.07, 6.45) is 3.40. The zero-order chi connectivity index (χ0) is 13.6. The standard InChI is InChI=1S/C7H15NO4Si.CNOSi/c1-10-13(11-2,12-3)6-4-5-8-7-9;3-1-2-4/h4-6H2,1-3H3;. The van der Waals surface area contributed by atoms with Crippen molar-refractivity contribution in [2.75, 3.05) is 27.9 Å². The van der Waals surface area contributed by atoms with E-state index in [1.165, 1.54) is 12.2 Å². The Kier molecular flexibility index (Phi) is 14.3. The maximum absolute atomic E-state index is 9.76. The first-order chi connectivity index (χ1) is 8.16. The third-order valence-corrected chi connectivity index (χ3v) is 4.72. The van der Waals surface area contributed by atoms with Gasteiger partial charge in [-0.15, -0.1) is 0 Å². The van der Waals surface area contributed by atoms with E-state index in [-0.39, 0.29) is 0 Å². The predicted octanol–water partition coefficient (Wildman–Crippen LogP) is -0.00390. The van der Waals surface area contributed by atoms with Crippen molar-refractivity contribution in [2.24, 2.45) is 9.65 Å². The molecule has 7 nitrogen and oxygen atoms in total. The molecular formula is C8H15N2O5Si2.